The maximum Gasteiger partial charge on any atom is 0.176 e. The van der Waals surface area contributed by atoms with Crippen LogP contribution < -0.4 is 0 Å². The fourth-order valence-electron chi connectivity index (χ4n) is 3.44. The van der Waals surface area contributed by atoms with Gasteiger partial charge in [0.25, 0.3) is 0 Å². The predicted octanol–water partition coefficient (Wildman–Crippen LogP) is 5.99. The van der Waals surface area contributed by atoms with Gasteiger partial charge in [0, 0.05) is 33.8 Å². The number of para-hydroxylation sites is 1. The number of hydrogen-bond acceptors (Lipinski definition) is 5. The summed E-state index contributed by atoms with van der Waals surface area (Å²) >= 11 is 1.10. The normalized spacial score (nSPS) is 12.4. The topological polar surface area (TPSA) is 82.6 Å². The third-order valence-electron chi connectivity index (χ3n) is 4.90. The number of imidazole rings is 1. The van der Waals surface area contributed by atoms with Crippen LogP contribution in [0.3, 0.4) is 0 Å². The van der Waals surface area contributed by atoms with Gasteiger partial charge in [-0.3, -0.25) is 15.1 Å². The van der Waals surface area contributed by atoms with Gasteiger partial charge in [0.1, 0.15) is 5.69 Å². The van der Waals surface area contributed by atoms with Crippen LogP contribution in [0.4, 0.5) is 4.39 Å². The largest absolute Gasteiger partial charge is 0.337 e. The summed E-state index contributed by atoms with van der Waals surface area (Å²) in [5, 5.41) is 8.13. The number of benzene rings is 1. The van der Waals surface area contributed by atoms with Gasteiger partial charge in [0.2, 0.25) is 0 Å². The van der Waals surface area contributed by atoms with Crippen LogP contribution in [0.5, 0.6) is 0 Å². The van der Waals surface area contributed by atoms with Crippen molar-refractivity contribution >= 4 is 45.1 Å². The summed E-state index contributed by atoms with van der Waals surface area (Å²) in [5.41, 5.74) is 5.53. The molecule has 4 heterocycles. The second-order valence-electron chi connectivity index (χ2n) is 6.77. The molecule has 5 rings (SSSR count). The van der Waals surface area contributed by atoms with Crippen molar-refractivity contribution < 1.29 is 4.39 Å². The van der Waals surface area contributed by atoms with Crippen molar-refractivity contribution in [1.82, 2.24) is 25.1 Å². The van der Waals surface area contributed by atoms with E-state index in [-0.39, 0.29) is 5.13 Å². The smallest absolute Gasteiger partial charge is 0.176 e. The molecule has 0 saturated heterocycles. The lowest BCUT2D eigenvalue weighted by Gasteiger charge is -2.01. The van der Waals surface area contributed by atoms with Gasteiger partial charge in [-0.15, -0.1) is 11.3 Å². The molecule has 0 atom stereocenters. The highest BCUT2D eigenvalue weighted by Gasteiger charge is 2.17. The van der Waals surface area contributed by atoms with Gasteiger partial charge in [0.15, 0.2) is 11.0 Å². The first-order valence-corrected chi connectivity index (χ1v) is 10.4. The minimum Gasteiger partial charge on any atom is -0.337 e. The molecule has 0 spiro atoms. The number of aliphatic imine (C=N–C) groups is 1. The van der Waals surface area contributed by atoms with Gasteiger partial charge in [0.05, 0.1) is 28.4 Å². The third kappa shape index (κ3) is 3.36. The van der Waals surface area contributed by atoms with Gasteiger partial charge < -0.3 is 4.98 Å². The molecule has 0 amide bonds. The number of pyridine rings is 1. The predicted molar refractivity (Wildman–Crippen MR) is 125 cm³/mol. The van der Waals surface area contributed by atoms with Crippen molar-refractivity contribution in [1.29, 1.82) is 0 Å². The molecule has 1 aromatic carbocycles. The Kier molecular flexibility index (Phi) is 4.76. The minimum absolute atomic E-state index is 0.223. The summed E-state index contributed by atoms with van der Waals surface area (Å²) in [7, 11) is 0. The van der Waals surface area contributed by atoms with Gasteiger partial charge >= 0.3 is 0 Å². The molecule has 4 aromatic heterocycles. The summed E-state index contributed by atoms with van der Waals surface area (Å²) in [6.07, 6.45) is 6.87. The van der Waals surface area contributed by atoms with Crippen LogP contribution in [0.15, 0.2) is 66.4 Å². The molecule has 0 fully saturated rings. The Bertz CT molecular complexity index is 1490. The monoisotopic (exact) mass is 428 g/mol. The van der Waals surface area contributed by atoms with Crippen molar-refractivity contribution in [3.8, 4) is 22.0 Å². The van der Waals surface area contributed by atoms with Gasteiger partial charge in [-0.2, -0.15) is 9.49 Å². The zero-order chi connectivity index (χ0) is 21.4. The molecule has 2 N–H and O–H groups in total. The highest BCUT2D eigenvalue weighted by Crippen LogP contribution is 2.34. The van der Waals surface area contributed by atoms with Gasteiger partial charge in [-0.1, -0.05) is 24.8 Å². The number of aromatic nitrogens is 5. The molecule has 0 radical (unpaired) electrons. The third-order valence-corrected chi connectivity index (χ3v) is 5.81. The number of rotatable bonds is 5. The molecule has 5 aromatic rings. The van der Waals surface area contributed by atoms with E-state index in [9.17, 15) is 4.39 Å². The van der Waals surface area contributed by atoms with Gasteiger partial charge in [-0.25, -0.2) is 4.98 Å². The second-order valence-corrected chi connectivity index (χ2v) is 7.81. The van der Waals surface area contributed by atoms with Crippen LogP contribution in [0.2, 0.25) is 0 Å². The molecule has 8 heteroatoms. The van der Waals surface area contributed by atoms with Crippen molar-refractivity contribution in [2.24, 2.45) is 4.99 Å². The molecule has 0 aliphatic rings. The van der Waals surface area contributed by atoms with Crippen LogP contribution >= 0.6 is 11.3 Å². The van der Waals surface area contributed by atoms with Crippen LogP contribution in [-0.2, 0) is 0 Å². The van der Waals surface area contributed by atoms with E-state index in [0.717, 1.165) is 55.0 Å². The summed E-state index contributed by atoms with van der Waals surface area (Å²) in [4.78, 5) is 17.6. The van der Waals surface area contributed by atoms with E-state index < -0.39 is 0 Å². The lowest BCUT2D eigenvalue weighted by molar-refractivity contribution is 0.657. The van der Waals surface area contributed by atoms with Crippen molar-refractivity contribution in [2.45, 2.75) is 6.92 Å². The maximum absolute atomic E-state index is 13.6. The van der Waals surface area contributed by atoms with E-state index in [1.54, 1.807) is 30.8 Å². The standard InChI is InChI=1S/C23H17FN6S/c1-3-13(11-25-4-2)17-10-15-18(12-26-17)29-30-22(15)23-27-16-7-5-6-14(21(16)28-23)19-8-9-20(24)31-19/h3-12H,1H2,2H3,(H,27,28)(H,29,30)/b13-11+,25-4?. The molecule has 0 aliphatic heterocycles. The molecule has 0 saturated carbocycles. The van der Waals surface area contributed by atoms with Crippen LogP contribution in [-0.4, -0.2) is 31.4 Å². The molecular weight excluding hydrogens is 411 g/mol. The quantitative estimate of drug-likeness (QED) is 0.267. The first-order valence-electron chi connectivity index (χ1n) is 9.57. The van der Waals surface area contributed by atoms with E-state index in [0.29, 0.717) is 11.5 Å². The number of aromatic amines is 2. The van der Waals surface area contributed by atoms with Crippen LogP contribution in [0.1, 0.15) is 12.6 Å². The Morgan fingerprint density at radius 3 is 2.90 bits per heavy atom. The van der Waals surface area contributed by atoms with Crippen LogP contribution in [0.25, 0.3) is 49.5 Å². The molecule has 0 aliphatic carbocycles. The molecule has 0 unspecified atom stereocenters. The van der Waals surface area contributed by atoms with Crippen molar-refractivity contribution in [2.75, 3.05) is 0 Å². The van der Waals surface area contributed by atoms with Crippen molar-refractivity contribution in [3.63, 3.8) is 0 Å². The lowest BCUT2D eigenvalue weighted by atomic mass is 10.1. The Morgan fingerprint density at radius 2 is 2.13 bits per heavy atom. The highest BCUT2D eigenvalue weighted by atomic mass is 32.1. The molecule has 152 valence electrons. The van der Waals surface area contributed by atoms with E-state index in [1.807, 2.05) is 31.2 Å². The Morgan fingerprint density at radius 1 is 1.23 bits per heavy atom. The Labute approximate surface area is 180 Å². The first kappa shape index (κ1) is 19.1. The number of hydrogen-bond donors (Lipinski definition) is 2. The zero-order valence-electron chi connectivity index (χ0n) is 16.6. The maximum atomic E-state index is 13.6. The Balaban J connectivity index is 1.66. The summed E-state index contributed by atoms with van der Waals surface area (Å²) < 4.78 is 13.6. The lowest BCUT2D eigenvalue weighted by Crippen LogP contribution is -1.87. The summed E-state index contributed by atoms with van der Waals surface area (Å²) in [6.45, 7) is 5.71. The number of thiophene rings is 1. The van der Waals surface area contributed by atoms with E-state index >= 15 is 0 Å². The molecule has 0 bridgehead atoms. The van der Waals surface area contributed by atoms with E-state index in [1.165, 1.54) is 6.07 Å². The van der Waals surface area contributed by atoms with E-state index in [4.69, 9.17) is 4.98 Å². The van der Waals surface area contributed by atoms with Gasteiger partial charge in [-0.05, 0) is 31.2 Å². The van der Waals surface area contributed by atoms with Crippen molar-refractivity contribution in [3.05, 3.63) is 72.3 Å². The molecular formula is C23H17FN6S. The number of nitrogens with one attached hydrogen (secondary N) is 2. The fraction of sp³-hybridized carbons (Fsp3) is 0.0435. The van der Waals surface area contributed by atoms with Crippen LogP contribution in [0, 0.1) is 5.13 Å². The first-order chi connectivity index (χ1) is 15.2. The Hall–Kier alpha value is -3.91. The summed E-state index contributed by atoms with van der Waals surface area (Å²) in [6, 6.07) is 11.0. The number of H-pyrrole nitrogens is 2. The second kappa shape index (κ2) is 7.73. The highest BCUT2D eigenvalue weighted by molar-refractivity contribution is 7.14. The number of fused-ring (bicyclic) bond motifs is 2. The number of halogens is 1. The average molecular weight is 428 g/mol. The molecule has 6 nitrogen and oxygen atoms in total. The zero-order valence-corrected chi connectivity index (χ0v) is 17.4. The number of nitrogens with zero attached hydrogens (tertiary/aromatic N) is 4. The molecule has 31 heavy (non-hydrogen) atoms. The minimum atomic E-state index is -0.223. The van der Waals surface area contributed by atoms with E-state index in [2.05, 4.69) is 31.7 Å². The number of allylic oxidation sites excluding steroid dienone is 2. The summed E-state index contributed by atoms with van der Waals surface area (Å²) in [5.74, 6) is 0.624. The average Bonchev–Trinajstić information content (AvgIpc) is 3.51. The fourth-order valence-corrected chi connectivity index (χ4v) is 4.19. The SMILES string of the molecule is C=C/C(=C\N=CC)c1cc2c(-c3nc4c(-c5ccc(F)s5)cccc4[nH]3)n[nH]c2cn1.